The fourth-order valence-corrected chi connectivity index (χ4v) is 4.41. The summed E-state index contributed by atoms with van der Waals surface area (Å²) in [6, 6.07) is 7.31. The first-order valence-corrected chi connectivity index (χ1v) is 9.19. The molecule has 0 saturated carbocycles. The van der Waals surface area contributed by atoms with Crippen LogP contribution in [0.5, 0.6) is 0 Å². The number of sulfonamides is 1. The molecule has 21 heavy (non-hydrogen) atoms. The number of rotatable bonds is 2. The summed E-state index contributed by atoms with van der Waals surface area (Å²) in [7, 11) is -3.34. The van der Waals surface area contributed by atoms with Crippen LogP contribution < -0.4 is 4.90 Å². The highest BCUT2D eigenvalue weighted by Crippen LogP contribution is 2.30. The quantitative estimate of drug-likeness (QED) is 0.829. The third-order valence-corrected chi connectivity index (χ3v) is 5.61. The number of piperidine rings is 1. The van der Waals surface area contributed by atoms with E-state index >= 15 is 0 Å². The van der Waals surface area contributed by atoms with Crippen LogP contribution in [0, 0.1) is 0 Å². The number of nitrogens with zero attached hydrogens (tertiary/aromatic N) is 2. The number of para-hydroxylation sites is 1. The van der Waals surface area contributed by atoms with E-state index in [1.165, 1.54) is 10.6 Å². The number of amides is 1. The van der Waals surface area contributed by atoms with E-state index in [1.807, 2.05) is 24.3 Å². The smallest absolute Gasteiger partial charge is 0.245 e. The molecule has 2 aliphatic heterocycles. The molecule has 0 unspecified atom stereocenters. The molecule has 0 radical (unpaired) electrons. The van der Waals surface area contributed by atoms with Crippen LogP contribution in [0.25, 0.3) is 0 Å². The number of hydrogen-bond donors (Lipinski definition) is 0. The molecule has 0 bridgehead atoms. The van der Waals surface area contributed by atoms with Gasteiger partial charge in [-0.05, 0) is 30.9 Å². The lowest BCUT2D eigenvalue weighted by Crippen LogP contribution is -2.52. The van der Waals surface area contributed by atoms with Crippen LogP contribution in [0.2, 0.25) is 0 Å². The van der Waals surface area contributed by atoms with E-state index in [0.717, 1.165) is 30.5 Å². The van der Waals surface area contributed by atoms with Gasteiger partial charge in [0, 0.05) is 18.8 Å². The second-order valence-corrected chi connectivity index (χ2v) is 7.69. The molecule has 3 rings (SSSR count). The topological polar surface area (TPSA) is 57.7 Å². The summed E-state index contributed by atoms with van der Waals surface area (Å²) in [5.41, 5.74) is 2.09. The molecule has 1 aromatic rings. The standard InChI is InChI=1S/C15H20N2O3S/c1-21(19,20)17-10-5-4-8-14(17)15(18)16-11-9-12-6-2-3-7-13(12)16/h2-3,6-7,14H,4-5,8-11H2,1H3/t14-/m1/s1. The Bertz CT molecular complexity index is 657. The van der Waals surface area contributed by atoms with Gasteiger partial charge in [-0.15, -0.1) is 0 Å². The van der Waals surface area contributed by atoms with E-state index in [4.69, 9.17) is 0 Å². The number of hydrogen-bond acceptors (Lipinski definition) is 3. The molecule has 0 aliphatic carbocycles. The van der Waals surface area contributed by atoms with Crippen molar-refractivity contribution in [3.63, 3.8) is 0 Å². The predicted octanol–water partition coefficient (Wildman–Crippen LogP) is 1.39. The highest BCUT2D eigenvalue weighted by Gasteiger charge is 2.38. The van der Waals surface area contributed by atoms with Crippen molar-refractivity contribution in [2.24, 2.45) is 0 Å². The molecule has 2 aliphatic rings. The van der Waals surface area contributed by atoms with Gasteiger partial charge in [0.1, 0.15) is 6.04 Å². The van der Waals surface area contributed by atoms with Crippen LogP contribution in [0.3, 0.4) is 0 Å². The average molecular weight is 308 g/mol. The number of carbonyl (C=O) groups excluding carboxylic acids is 1. The zero-order chi connectivity index (χ0) is 15.0. The molecule has 1 aromatic carbocycles. The molecule has 5 nitrogen and oxygen atoms in total. The third-order valence-electron chi connectivity index (χ3n) is 4.32. The molecular weight excluding hydrogens is 288 g/mol. The Morgan fingerprint density at radius 1 is 1.19 bits per heavy atom. The van der Waals surface area contributed by atoms with E-state index in [0.29, 0.717) is 19.5 Å². The van der Waals surface area contributed by atoms with Crippen molar-refractivity contribution in [3.8, 4) is 0 Å². The zero-order valence-electron chi connectivity index (χ0n) is 12.2. The van der Waals surface area contributed by atoms with E-state index in [9.17, 15) is 13.2 Å². The normalized spacial score (nSPS) is 23.1. The maximum atomic E-state index is 12.8. The lowest BCUT2D eigenvalue weighted by molar-refractivity contribution is -0.123. The van der Waals surface area contributed by atoms with Crippen LogP contribution in [0.4, 0.5) is 5.69 Å². The zero-order valence-corrected chi connectivity index (χ0v) is 13.0. The van der Waals surface area contributed by atoms with E-state index in [2.05, 4.69) is 0 Å². The van der Waals surface area contributed by atoms with E-state index < -0.39 is 16.1 Å². The molecule has 1 fully saturated rings. The Kier molecular flexibility index (Phi) is 3.75. The monoisotopic (exact) mass is 308 g/mol. The second kappa shape index (κ2) is 5.42. The van der Waals surface area contributed by atoms with Gasteiger partial charge in [0.05, 0.1) is 6.26 Å². The lowest BCUT2D eigenvalue weighted by Gasteiger charge is -2.35. The maximum absolute atomic E-state index is 12.8. The highest BCUT2D eigenvalue weighted by molar-refractivity contribution is 7.88. The van der Waals surface area contributed by atoms with Crippen LogP contribution in [0.15, 0.2) is 24.3 Å². The van der Waals surface area contributed by atoms with Gasteiger partial charge in [-0.2, -0.15) is 4.31 Å². The summed E-state index contributed by atoms with van der Waals surface area (Å²) < 4.78 is 25.2. The molecule has 1 atom stereocenters. The van der Waals surface area contributed by atoms with Crippen LogP contribution >= 0.6 is 0 Å². The summed E-state index contributed by atoms with van der Waals surface area (Å²) in [6.07, 6.45) is 4.37. The average Bonchev–Trinajstić information content (AvgIpc) is 2.89. The van der Waals surface area contributed by atoms with Crippen molar-refractivity contribution < 1.29 is 13.2 Å². The molecule has 0 spiro atoms. The molecule has 114 valence electrons. The van der Waals surface area contributed by atoms with Crippen molar-refractivity contribution in [1.29, 1.82) is 0 Å². The first kappa shape index (κ1) is 14.5. The Labute approximate surface area is 125 Å². The van der Waals surface area contributed by atoms with Gasteiger partial charge in [0.2, 0.25) is 15.9 Å². The molecular formula is C15H20N2O3S. The van der Waals surface area contributed by atoms with Gasteiger partial charge >= 0.3 is 0 Å². The summed E-state index contributed by atoms with van der Waals surface area (Å²) in [6.45, 7) is 1.09. The minimum absolute atomic E-state index is 0.0786. The van der Waals surface area contributed by atoms with E-state index in [1.54, 1.807) is 4.90 Å². The number of anilines is 1. The van der Waals surface area contributed by atoms with Gasteiger partial charge in [0.15, 0.2) is 0 Å². The number of fused-ring (bicyclic) bond motifs is 1. The van der Waals surface area contributed by atoms with Crippen molar-refractivity contribution in [2.75, 3.05) is 24.2 Å². The highest BCUT2D eigenvalue weighted by atomic mass is 32.2. The molecule has 0 N–H and O–H groups in total. The minimum Gasteiger partial charge on any atom is -0.310 e. The van der Waals surface area contributed by atoms with Crippen molar-refractivity contribution in [3.05, 3.63) is 29.8 Å². The third kappa shape index (κ3) is 2.70. The Morgan fingerprint density at radius 3 is 2.71 bits per heavy atom. The first-order valence-electron chi connectivity index (χ1n) is 7.34. The van der Waals surface area contributed by atoms with Crippen molar-refractivity contribution >= 4 is 21.6 Å². The molecule has 1 saturated heterocycles. The van der Waals surface area contributed by atoms with Gasteiger partial charge in [-0.1, -0.05) is 24.6 Å². The van der Waals surface area contributed by atoms with Crippen LogP contribution in [0.1, 0.15) is 24.8 Å². The van der Waals surface area contributed by atoms with Crippen molar-refractivity contribution in [2.45, 2.75) is 31.7 Å². The molecule has 6 heteroatoms. The van der Waals surface area contributed by atoms with Crippen LogP contribution in [-0.4, -0.2) is 44.0 Å². The molecule has 0 aromatic heterocycles. The second-order valence-electron chi connectivity index (χ2n) is 5.75. The summed E-state index contributed by atoms with van der Waals surface area (Å²) in [5.74, 6) is -0.0786. The van der Waals surface area contributed by atoms with E-state index in [-0.39, 0.29) is 5.91 Å². The molecule has 1 amide bonds. The predicted molar refractivity (Wildman–Crippen MR) is 81.7 cm³/mol. The summed E-state index contributed by atoms with van der Waals surface area (Å²) in [4.78, 5) is 14.6. The Hall–Kier alpha value is -1.40. The fraction of sp³-hybridized carbons (Fsp3) is 0.533. The number of carbonyl (C=O) groups is 1. The fourth-order valence-electron chi connectivity index (χ4n) is 3.30. The Balaban J connectivity index is 1.88. The van der Waals surface area contributed by atoms with Gasteiger partial charge in [-0.3, -0.25) is 4.79 Å². The molecule has 2 heterocycles. The SMILES string of the molecule is CS(=O)(=O)N1CCCC[C@@H]1C(=O)N1CCc2ccccc21. The number of benzene rings is 1. The Morgan fingerprint density at radius 2 is 1.95 bits per heavy atom. The maximum Gasteiger partial charge on any atom is 0.245 e. The van der Waals surface area contributed by atoms with Gasteiger partial charge in [0.25, 0.3) is 0 Å². The summed E-state index contributed by atoms with van der Waals surface area (Å²) in [5, 5.41) is 0. The summed E-state index contributed by atoms with van der Waals surface area (Å²) >= 11 is 0. The lowest BCUT2D eigenvalue weighted by atomic mass is 10.0. The van der Waals surface area contributed by atoms with Crippen molar-refractivity contribution in [1.82, 2.24) is 4.31 Å². The van der Waals surface area contributed by atoms with Gasteiger partial charge in [-0.25, -0.2) is 8.42 Å². The first-order chi connectivity index (χ1) is 9.98. The minimum atomic E-state index is -3.34. The largest absolute Gasteiger partial charge is 0.310 e. The van der Waals surface area contributed by atoms with Crippen LogP contribution in [-0.2, 0) is 21.2 Å². The van der Waals surface area contributed by atoms with Gasteiger partial charge < -0.3 is 4.90 Å².